The van der Waals surface area contributed by atoms with Crippen molar-refractivity contribution in [1.82, 2.24) is 0 Å². The molecular formula is C16H19N3O. The van der Waals surface area contributed by atoms with Gasteiger partial charge in [-0.1, -0.05) is 13.0 Å². The minimum Gasteiger partial charge on any atom is -0.360 e. The molecule has 3 aliphatic rings. The Morgan fingerprint density at radius 2 is 2.00 bits per heavy atom. The number of hydrogen-bond donors (Lipinski definition) is 3. The predicted octanol–water partition coefficient (Wildman–Crippen LogP) is 3.41. The minimum absolute atomic E-state index is 0.00171. The molecule has 2 aliphatic heterocycles. The number of anilines is 3. The van der Waals surface area contributed by atoms with E-state index >= 15 is 0 Å². The van der Waals surface area contributed by atoms with Crippen molar-refractivity contribution in [3.8, 4) is 0 Å². The van der Waals surface area contributed by atoms with Crippen LogP contribution in [-0.4, -0.2) is 12.1 Å². The van der Waals surface area contributed by atoms with E-state index in [4.69, 9.17) is 0 Å². The van der Waals surface area contributed by atoms with Crippen molar-refractivity contribution in [2.24, 2.45) is 0 Å². The highest BCUT2D eigenvalue weighted by Crippen LogP contribution is 2.43. The Hall–Kier alpha value is -1.97. The van der Waals surface area contributed by atoms with Crippen molar-refractivity contribution in [3.05, 3.63) is 29.3 Å². The van der Waals surface area contributed by atoms with E-state index in [1.165, 1.54) is 24.8 Å². The highest BCUT2D eigenvalue weighted by atomic mass is 16.2. The van der Waals surface area contributed by atoms with E-state index in [9.17, 15) is 4.79 Å². The molecule has 0 saturated carbocycles. The lowest BCUT2D eigenvalue weighted by atomic mass is 9.97. The minimum atomic E-state index is 0.00171. The molecule has 0 aromatic heterocycles. The van der Waals surface area contributed by atoms with Crippen LogP contribution >= 0.6 is 0 Å². The van der Waals surface area contributed by atoms with Gasteiger partial charge in [0, 0.05) is 5.69 Å². The highest BCUT2D eigenvalue weighted by Gasteiger charge is 2.32. The van der Waals surface area contributed by atoms with Crippen LogP contribution in [0.15, 0.2) is 23.8 Å². The fraction of sp³-hybridized carbons (Fsp3) is 0.438. The molecule has 3 N–H and O–H groups in total. The molecule has 0 saturated heterocycles. The number of benzene rings is 1. The molecule has 4 nitrogen and oxygen atoms in total. The normalized spacial score (nSPS) is 26.4. The second-order valence-corrected chi connectivity index (χ2v) is 5.83. The van der Waals surface area contributed by atoms with Crippen LogP contribution in [0.25, 0.3) is 0 Å². The maximum Gasteiger partial charge on any atom is 0.231 e. The Balaban J connectivity index is 1.66. The van der Waals surface area contributed by atoms with E-state index in [0.29, 0.717) is 0 Å². The van der Waals surface area contributed by atoms with Gasteiger partial charge in [-0.05, 0) is 49.0 Å². The van der Waals surface area contributed by atoms with Crippen molar-refractivity contribution >= 4 is 23.0 Å². The van der Waals surface area contributed by atoms with Crippen molar-refractivity contribution in [2.75, 3.05) is 16.0 Å². The van der Waals surface area contributed by atoms with Gasteiger partial charge in [0.2, 0.25) is 5.91 Å². The molecule has 4 rings (SSSR count). The monoisotopic (exact) mass is 269 g/mol. The zero-order valence-corrected chi connectivity index (χ0v) is 11.6. The van der Waals surface area contributed by atoms with Gasteiger partial charge in [-0.15, -0.1) is 0 Å². The molecule has 0 spiro atoms. The van der Waals surface area contributed by atoms with Crippen LogP contribution in [0, 0.1) is 0 Å². The molecule has 1 aromatic carbocycles. The van der Waals surface area contributed by atoms with Crippen LogP contribution in [0.4, 0.5) is 17.1 Å². The first-order valence-corrected chi connectivity index (χ1v) is 7.47. The third-order valence-electron chi connectivity index (χ3n) is 4.59. The van der Waals surface area contributed by atoms with Crippen LogP contribution in [-0.2, 0) is 4.79 Å². The quantitative estimate of drug-likeness (QED) is 0.721. The second-order valence-electron chi connectivity index (χ2n) is 5.83. The van der Waals surface area contributed by atoms with Crippen molar-refractivity contribution in [2.45, 2.75) is 44.7 Å². The smallest absolute Gasteiger partial charge is 0.231 e. The summed E-state index contributed by atoms with van der Waals surface area (Å²) in [6.45, 7) is 2.06. The maximum atomic E-state index is 11.9. The van der Waals surface area contributed by atoms with Gasteiger partial charge in [0.1, 0.15) is 6.17 Å². The molecule has 0 radical (unpaired) electrons. The molecule has 2 atom stereocenters. The number of amides is 1. The van der Waals surface area contributed by atoms with E-state index in [2.05, 4.69) is 41.1 Å². The summed E-state index contributed by atoms with van der Waals surface area (Å²) in [5.41, 5.74) is 5.77. The third kappa shape index (κ3) is 1.64. The number of hydrogen-bond acceptors (Lipinski definition) is 3. The molecule has 2 unspecified atom stereocenters. The second kappa shape index (κ2) is 4.27. The van der Waals surface area contributed by atoms with Crippen molar-refractivity contribution < 1.29 is 4.79 Å². The maximum absolute atomic E-state index is 11.9. The molecule has 104 valence electrons. The zero-order chi connectivity index (χ0) is 13.7. The van der Waals surface area contributed by atoms with Crippen LogP contribution in [0.5, 0.6) is 0 Å². The van der Waals surface area contributed by atoms with E-state index < -0.39 is 0 Å². The summed E-state index contributed by atoms with van der Waals surface area (Å²) in [6, 6.07) is 4.21. The number of carbonyl (C=O) groups is 1. The number of fused-ring (bicyclic) bond motifs is 2. The summed E-state index contributed by atoms with van der Waals surface area (Å²) in [5, 5.41) is 10.1. The van der Waals surface area contributed by atoms with Crippen LogP contribution in [0.1, 0.15) is 44.1 Å². The predicted molar refractivity (Wildman–Crippen MR) is 81.1 cm³/mol. The van der Waals surface area contributed by atoms with Gasteiger partial charge in [-0.25, -0.2) is 0 Å². The highest BCUT2D eigenvalue weighted by molar-refractivity contribution is 6.04. The van der Waals surface area contributed by atoms with E-state index in [1.807, 2.05) is 0 Å². The summed E-state index contributed by atoms with van der Waals surface area (Å²) < 4.78 is 0. The molecule has 4 heteroatoms. The SMILES string of the molecule is CCC1C(=O)Nc2cc3c(cc21)NC(C1=CCCC1)N3. The number of nitrogens with one attached hydrogen (secondary N) is 3. The molecule has 1 aliphatic carbocycles. The summed E-state index contributed by atoms with van der Waals surface area (Å²) in [6.07, 6.45) is 7.03. The average molecular weight is 269 g/mol. The standard InChI is InChI=1S/C16H19N3O/c1-2-10-11-7-13-14(8-12(11)19-16(10)20)18-15(17-13)9-5-3-4-6-9/h5,7-8,10,15,17-18H,2-4,6H2,1H3,(H,19,20). The molecule has 1 aromatic rings. The van der Waals surface area contributed by atoms with Crippen molar-refractivity contribution in [3.63, 3.8) is 0 Å². The Morgan fingerprint density at radius 1 is 1.20 bits per heavy atom. The largest absolute Gasteiger partial charge is 0.360 e. The van der Waals surface area contributed by atoms with E-state index in [1.54, 1.807) is 0 Å². The van der Waals surface area contributed by atoms with E-state index in [0.717, 1.165) is 29.0 Å². The van der Waals surface area contributed by atoms with Gasteiger partial charge >= 0.3 is 0 Å². The first-order valence-electron chi connectivity index (χ1n) is 7.47. The summed E-state index contributed by atoms with van der Waals surface area (Å²) >= 11 is 0. The Kier molecular flexibility index (Phi) is 2.52. The third-order valence-corrected chi connectivity index (χ3v) is 4.59. The number of rotatable bonds is 2. The molecule has 1 amide bonds. The summed E-state index contributed by atoms with van der Waals surface area (Å²) in [7, 11) is 0. The molecule has 20 heavy (non-hydrogen) atoms. The molecule has 2 heterocycles. The molecule has 0 bridgehead atoms. The van der Waals surface area contributed by atoms with Gasteiger partial charge < -0.3 is 16.0 Å². The molecular weight excluding hydrogens is 250 g/mol. The Bertz CT molecular complexity index is 620. The van der Waals surface area contributed by atoms with Crippen LogP contribution < -0.4 is 16.0 Å². The Morgan fingerprint density at radius 3 is 2.70 bits per heavy atom. The Labute approximate surface area is 118 Å². The van der Waals surface area contributed by atoms with Crippen LogP contribution in [0.2, 0.25) is 0 Å². The van der Waals surface area contributed by atoms with Crippen molar-refractivity contribution in [1.29, 1.82) is 0 Å². The number of allylic oxidation sites excluding steroid dienone is 1. The zero-order valence-electron chi connectivity index (χ0n) is 11.6. The van der Waals surface area contributed by atoms with Gasteiger partial charge in [0.05, 0.1) is 17.3 Å². The van der Waals surface area contributed by atoms with Gasteiger partial charge in [0.15, 0.2) is 0 Å². The molecule has 0 fully saturated rings. The average Bonchev–Trinajstić information content (AvgIpc) is 3.12. The van der Waals surface area contributed by atoms with Gasteiger partial charge in [0.25, 0.3) is 0 Å². The topological polar surface area (TPSA) is 53.2 Å². The van der Waals surface area contributed by atoms with Gasteiger partial charge in [-0.3, -0.25) is 4.79 Å². The lowest BCUT2D eigenvalue weighted by Gasteiger charge is -2.13. The van der Waals surface area contributed by atoms with E-state index in [-0.39, 0.29) is 18.0 Å². The number of carbonyl (C=O) groups excluding carboxylic acids is 1. The van der Waals surface area contributed by atoms with Crippen LogP contribution in [0.3, 0.4) is 0 Å². The lowest BCUT2D eigenvalue weighted by molar-refractivity contribution is -0.117. The lowest BCUT2D eigenvalue weighted by Crippen LogP contribution is -2.23. The first-order chi connectivity index (χ1) is 9.76. The first kappa shape index (κ1) is 11.8. The fourth-order valence-electron chi connectivity index (χ4n) is 3.51. The summed E-state index contributed by atoms with van der Waals surface area (Å²) in [4.78, 5) is 11.9. The fourth-order valence-corrected chi connectivity index (χ4v) is 3.51. The van der Waals surface area contributed by atoms with Gasteiger partial charge in [-0.2, -0.15) is 0 Å². The summed E-state index contributed by atoms with van der Waals surface area (Å²) in [5.74, 6) is 0.128.